The van der Waals surface area contributed by atoms with Gasteiger partial charge in [0.15, 0.2) is 12.2 Å². The number of hydrogen-bond donors (Lipinski definition) is 0. The highest BCUT2D eigenvalue weighted by atomic mass is 16.6. The molecule has 0 aromatic carbocycles. The minimum absolute atomic E-state index is 0.189. The fourth-order valence-corrected chi connectivity index (χ4v) is 1.21. The maximum atomic E-state index is 11.4. The lowest BCUT2D eigenvalue weighted by atomic mass is 10.1. The first-order valence-corrected chi connectivity index (χ1v) is 5.46. The molecule has 0 spiro atoms. The number of esters is 1. The number of carbonyl (C=O) groups is 2. The van der Waals surface area contributed by atoms with Crippen LogP contribution in [0.15, 0.2) is 0 Å². The van der Waals surface area contributed by atoms with Crippen molar-refractivity contribution in [2.45, 2.75) is 32.5 Å². The van der Waals surface area contributed by atoms with Gasteiger partial charge in [-0.15, -0.1) is 0 Å². The zero-order chi connectivity index (χ0) is 12.3. The number of carbonyl (C=O) groups excluding carboxylic acids is 2. The van der Waals surface area contributed by atoms with E-state index in [1.807, 2.05) is 0 Å². The predicted octanol–water partition coefficient (Wildman–Crippen LogP) is 0.431. The van der Waals surface area contributed by atoms with Gasteiger partial charge in [0, 0.05) is 14.1 Å². The van der Waals surface area contributed by atoms with Crippen LogP contribution in [0.1, 0.15) is 20.3 Å². The quantitative estimate of drug-likeness (QED) is 0.507. The fraction of sp³-hybridized carbons (Fsp3) is 0.818. The lowest BCUT2D eigenvalue weighted by Crippen LogP contribution is -2.29. The third-order valence-electron chi connectivity index (χ3n) is 2.35. The molecule has 0 aromatic rings. The fourth-order valence-electron chi connectivity index (χ4n) is 1.21. The highest BCUT2D eigenvalue weighted by molar-refractivity contribution is 5.92. The Hall–Kier alpha value is -1.10. The molecule has 1 amide bonds. The molecular formula is C11H19NO4. The van der Waals surface area contributed by atoms with Gasteiger partial charge in [0.25, 0.3) is 5.91 Å². The van der Waals surface area contributed by atoms with E-state index in [0.717, 1.165) is 6.42 Å². The second-order valence-electron chi connectivity index (χ2n) is 4.56. The molecule has 2 atom stereocenters. The van der Waals surface area contributed by atoms with Crippen LogP contribution in [0.4, 0.5) is 0 Å². The van der Waals surface area contributed by atoms with Gasteiger partial charge in [-0.2, -0.15) is 0 Å². The number of amides is 1. The summed E-state index contributed by atoms with van der Waals surface area (Å²) in [5.74, 6) is -0.126. The molecule has 0 bridgehead atoms. The van der Waals surface area contributed by atoms with Crippen molar-refractivity contribution in [2.24, 2.45) is 5.92 Å². The number of likely N-dealkylation sites (N-methyl/N-ethyl adjacent to an activating group) is 1. The molecule has 16 heavy (non-hydrogen) atoms. The lowest BCUT2D eigenvalue weighted by Gasteiger charge is -2.07. The maximum absolute atomic E-state index is 11.4. The van der Waals surface area contributed by atoms with Gasteiger partial charge in [0.1, 0.15) is 0 Å². The van der Waals surface area contributed by atoms with Crippen LogP contribution in [0.5, 0.6) is 0 Å². The highest BCUT2D eigenvalue weighted by Crippen LogP contribution is 2.25. The van der Waals surface area contributed by atoms with Gasteiger partial charge >= 0.3 is 5.97 Å². The Morgan fingerprint density at radius 2 is 1.94 bits per heavy atom. The number of epoxide rings is 1. The minimum Gasteiger partial charge on any atom is -0.464 e. The SMILES string of the molecule is CC(C)CCOC(=O)C1OC1C(=O)N(C)C. The van der Waals surface area contributed by atoms with E-state index in [1.165, 1.54) is 4.90 Å². The molecule has 1 saturated heterocycles. The smallest absolute Gasteiger partial charge is 0.338 e. The average molecular weight is 229 g/mol. The molecule has 1 fully saturated rings. The summed E-state index contributed by atoms with van der Waals surface area (Å²) in [6, 6.07) is 0. The van der Waals surface area contributed by atoms with E-state index in [4.69, 9.17) is 9.47 Å². The van der Waals surface area contributed by atoms with Crippen molar-refractivity contribution in [3.63, 3.8) is 0 Å². The molecule has 5 heteroatoms. The summed E-state index contributed by atoms with van der Waals surface area (Å²) < 4.78 is 10.00. The first kappa shape index (κ1) is 13.0. The molecule has 5 nitrogen and oxygen atoms in total. The summed E-state index contributed by atoms with van der Waals surface area (Å²) in [7, 11) is 3.26. The largest absolute Gasteiger partial charge is 0.464 e. The van der Waals surface area contributed by atoms with Gasteiger partial charge in [-0.05, 0) is 12.3 Å². The second kappa shape index (κ2) is 5.30. The maximum Gasteiger partial charge on any atom is 0.338 e. The number of hydrogen-bond acceptors (Lipinski definition) is 4. The first-order chi connectivity index (χ1) is 7.43. The van der Waals surface area contributed by atoms with Crippen molar-refractivity contribution in [1.82, 2.24) is 4.90 Å². The van der Waals surface area contributed by atoms with Crippen molar-refractivity contribution in [3.05, 3.63) is 0 Å². The van der Waals surface area contributed by atoms with E-state index in [9.17, 15) is 9.59 Å². The van der Waals surface area contributed by atoms with E-state index in [0.29, 0.717) is 12.5 Å². The second-order valence-corrected chi connectivity index (χ2v) is 4.56. The summed E-state index contributed by atoms with van der Waals surface area (Å²) in [6.07, 6.45) is -0.506. The van der Waals surface area contributed by atoms with Crippen LogP contribution in [0.25, 0.3) is 0 Å². The lowest BCUT2D eigenvalue weighted by molar-refractivity contribution is -0.145. The van der Waals surface area contributed by atoms with Crippen LogP contribution in [0, 0.1) is 5.92 Å². The molecule has 92 valence electrons. The number of nitrogens with zero attached hydrogens (tertiary/aromatic N) is 1. The number of ether oxygens (including phenoxy) is 2. The van der Waals surface area contributed by atoms with Gasteiger partial charge < -0.3 is 14.4 Å². The van der Waals surface area contributed by atoms with Crippen molar-refractivity contribution in [2.75, 3.05) is 20.7 Å². The zero-order valence-corrected chi connectivity index (χ0v) is 10.2. The van der Waals surface area contributed by atoms with Crippen LogP contribution in [0.2, 0.25) is 0 Å². The summed E-state index contributed by atoms with van der Waals surface area (Å²) in [5, 5.41) is 0. The summed E-state index contributed by atoms with van der Waals surface area (Å²) >= 11 is 0. The number of rotatable bonds is 5. The topological polar surface area (TPSA) is 59.1 Å². The molecule has 0 aromatic heterocycles. The highest BCUT2D eigenvalue weighted by Gasteiger charge is 2.52. The standard InChI is InChI=1S/C11H19NO4/c1-7(2)5-6-15-11(14)9-8(16-9)10(13)12(3)4/h7-9H,5-6H2,1-4H3. The Morgan fingerprint density at radius 3 is 2.44 bits per heavy atom. The molecule has 1 aliphatic heterocycles. The molecule has 0 N–H and O–H groups in total. The van der Waals surface area contributed by atoms with Gasteiger partial charge in [-0.3, -0.25) is 4.79 Å². The third kappa shape index (κ3) is 3.48. The van der Waals surface area contributed by atoms with Gasteiger partial charge in [-0.25, -0.2) is 4.79 Å². The van der Waals surface area contributed by atoms with Crippen molar-refractivity contribution < 1.29 is 19.1 Å². The monoisotopic (exact) mass is 229 g/mol. The molecule has 1 rings (SSSR count). The minimum atomic E-state index is -0.693. The van der Waals surface area contributed by atoms with Crippen molar-refractivity contribution in [1.29, 1.82) is 0 Å². The first-order valence-electron chi connectivity index (χ1n) is 5.46. The van der Waals surface area contributed by atoms with Crippen LogP contribution in [0.3, 0.4) is 0 Å². The summed E-state index contributed by atoms with van der Waals surface area (Å²) in [6.45, 7) is 4.50. The van der Waals surface area contributed by atoms with Gasteiger partial charge in [0.2, 0.25) is 0 Å². The Balaban J connectivity index is 2.23. The van der Waals surface area contributed by atoms with Crippen LogP contribution < -0.4 is 0 Å². The zero-order valence-electron chi connectivity index (χ0n) is 10.2. The predicted molar refractivity (Wildman–Crippen MR) is 57.8 cm³/mol. The molecule has 0 aliphatic carbocycles. The van der Waals surface area contributed by atoms with Crippen LogP contribution in [-0.4, -0.2) is 49.7 Å². The van der Waals surface area contributed by atoms with E-state index in [2.05, 4.69) is 13.8 Å². The average Bonchev–Trinajstić information content (AvgIpc) is 2.95. The molecule has 0 radical (unpaired) electrons. The van der Waals surface area contributed by atoms with Crippen LogP contribution in [-0.2, 0) is 19.1 Å². The van der Waals surface area contributed by atoms with Crippen molar-refractivity contribution in [3.8, 4) is 0 Å². The molecule has 0 saturated carbocycles. The van der Waals surface area contributed by atoms with E-state index < -0.39 is 18.2 Å². The third-order valence-corrected chi connectivity index (χ3v) is 2.35. The Bertz CT molecular complexity index is 275. The molecular weight excluding hydrogens is 210 g/mol. The normalized spacial score (nSPS) is 23.1. The Kier molecular flexibility index (Phi) is 4.29. The van der Waals surface area contributed by atoms with E-state index >= 15 is 0 Å². The Labute approximate surface area is 95.7 Å². The summed E-state index contributed by atoms with van der Waals surface area (Å²) in [4.78, 5) is 24.2. The molecule has 2 unspecified atom stereocenters. The van der Waals surface area contributed by atoms with E-state index in [1.54, 1.807) is 14.1 Å². The van der Waals surface area contributed by atoms with Crippen LogP contribution >= 0.6 is 0 Å². The van der Waals surface area contributed by atoms with Gasteiger partial charge in [-0.1, -0.05) is 13.8 Å². The molecule has 1 heterocycles. The van der Waals surface area contributed by atoms with E-state index in [-0.39, 0.29) is 5.91 Å². The van der Waals surface area contributed by atoms with Gasteiger partial charge in [0.05, 0.1) is 6.61 Å². The van der Waals surface area contributed by atoms with Crippen molar-refractivity contribution >= 4 is 11.9 Å². The Morgan fingerprint density at radius 1 is 1.31 bits per heavy atom. The molecule has 1 aliphatic rings. The summed E-state index contributed by atoms with van der Waals surface area (Å²) in [5.41, 5.74) is 0.